The topological polar surface area (TPSA) is 25.8 Å². The van der Waals surface area contributed by atoms with Gasteiger partial charge in [-0.3, -0.25) is 0 Å². The molecule has 0 radical (unpaired) electrons. The molecule has 210 valence electrons. The van der Waals surface area contributed by atoms with Gasteiger partial charge in [-0.1, -0.05) is 152 Å². The Morgan fingerprint density at radius 3 is 1.60 bits per heavy atom. The highest BCUT2D eigenvalue weighted by molar-refractivity contribution is 6.02. The molecule has 0 bridgehead atoms. The molecule has 1 heterocycles. The van der Waals surface area contributed by atoms with E-state index in [0.29, 0.717) is 0 Å². The average molecular weight is 573 g/mol. The monoisotopic (exact) mass is 572 g/mol. The van der Waals surface area contributed by atoms with Crippen LogP contribution in [0, 0.1) is 0 Å². The van der Waals surface area contributed by atoms with Gasteiger partial charge in [0.1, 0.15) is 0 Å². The molecule has 9 rings (SSSR count). The van der Waals surface area contributed by atoms with Crippen molar-refractivity contribution in [1.82, 2.24) is 9.97 Å². The van der Waals surface area contributed by atoms with Crippen molar-refractivity contribution >= 4 is 21.8 Å². The van der Waals surface area contributed by atoms with Crippen LogP contribution in [0.3, 0.4) is 0 Å². The molecule has 0 spiro atoms. The molecule has 1 aliphatic rings. The summed E-state index contributed by atoms with van der Waals surface area (Å²) in [5.41, 5.74) is 12.9. The zero-order valence-corrected chi connectivity index (χ0v) is 24.6. The lowest BCUT2D eigenvalue weighted by atomic mass is 9.66. The van der Waals surface area contributed by atoms with Gasteiger partial charge in [0.05, 0.1) is 27.8 Å². The number of para-hydroxylation sites is 2. The van der Waals surface area contributed by atoms with Gasteiger partial charge >= 0.3 is 0 Å². The molecule has 0 unspecified atom stereocenters. The summed E-state index contributed by atoms with van der Waals surface area (Å²) in [6, 6.07) is 60.8. The van der Waals surface area contributed by atoms with Crippen LogP contribution in [-0.4, -0.2) is 9.97 Å². The van der Waals surface area contributed by atoms with Gasteiger partial charge in [-0.25, -0.2) is 9.97 Å². The van der Waals surface area contributed by atoms with Gasteiger partial charge in [0.2, 0.25) is 0 Å². The highest BCUT2D eigenvalue weighted by Crippen LogP contribution is 2.58. The Hall–Kier alpha value is -5.86. The summed E-state index contributed by atoms with van der Waals surface area (Å²) < 4.78 is 0. The van der Waals surface area contributed by atoms with Gasteiger partial charge in [0, 0.05) is 11.1 Å². The van der Waals surface area contributed by atoms with Crippen molar-refractivity contribution in [3.8, 4) is 33.6 Å². The maximum absolute atomic E-state index is 5.25. The van der Waals surface area contributed by atoms with Gasteiger partial charge < -0.3 is 0 Å². The van der Waals surface area contributed by atoms with Crippen molar-refractivity contribution < 1.29 is 0 Å². The molecule has 1 aliphatic carbocycles. The largest absolute Gasteiger partial charge is 0.244 e. The molecule has 0 N–H and O–H groups in total. The summed E-state index contributed by atoms with van der Waals surface area (Å²) in [6.07, 6.45) is 0. The van der Waals surface area contributed by atoms with Crippen molar-refractivity contribution in [1.29, 1.82) is 0 Å². The fraction of sp³-hybridized carbons (Fsp3) is 0.0233. The van der Waals surface area contributed by atoms with Crippen LogP contribution in [0.4, 0.5) is 0 Å². The second-order valence-electron chi connectivity index (χ2n) is 11.7. The second kappa shape index (κ2) is 10.1. The third-order valence-corrected chi connectivity index (χ3v) is 9.32. The third-order valence-electron chi connectivity index (χ3n) is 9.32. The van der Waals surface area contributed by atoms with E-state index in [2.05, 4.69) is 140 Å². The Labute approximate surface area is 262 Å². The van der Waals surface area contributed by atoms with Crippen LogP contribution in [0.2, 0.25) is 0 Å². The van der Waals surface area contributed by atoms with Crippen molar-refractivity contribution in [2.24, 2.45) is 0 Å². The zero-order chi connectivity index (χ0) is 29.8. The van der Waals surface area contributed by atoms with Crippen molar-refractivity contribution in [2.45, 2.75) is 5.41 Å². The molecule has 2 nitrogen and oxygen atoms in total. The molecule has 1 aromatic heterocycles. The van der Waals surface area contributed by atoms with Gasteiger partial charge in [0.15, 0.2) is 0 Å². The summed E-state index contributed by atoms with van der Waals surface area (Å²) in [7, 11) is 0. The Kier molecular flexibility index (Phi) is 5.76. The molecule has 7 aromatic carbocycles. The zero-order valence-electron chi connectivity index (χ0n) is 24.6. The van der Waals surface area contributed by atoms with Crippen LogP contribution >= 0.6 is 0 Å². The van der Waals surface area contributed by atoms with E-state index < -0.39 is 5.41 Å². The minimum absolute atomic E-state index is 0.482. The van der Waals surface area contributed by atoms with E-state index in [1.165, 1.54) is 44.2 Å². The quantitative estimate of drug-likeness (QED) is 0.210. The summed E-state index contributed by atoms with van der Waals surface area (Å²) in [6.45, 7) is 0. The minimum atomic E-state index is -0.482. The molecule has 0 fully saturated rings. The van der Waals surface area contributed by atoms with Crippen LogP contribution in [0.1, 0.15) is 22.3 Å². The molecule has 0 atom stereocenters. The fourth-order valence-electron chi connectivity index (χ4n) is 7.42. The molecular weight excluding hydrogens is 544 g/mol. The number of benzene rings is 7. The first-order valence-corrected chi connectivity index (χ1v) is 15.4. The van der Waals surface area contributed by atoms with Gasteiger partial charge in [0.25, 0.3) is 0 Å². The summed E-state index contributed by atoms with van der Waals surface area (Å²) in [4.78, 5) is 10.4. The lowest BCUT2D eigenvalue weighted by Gasteiger charge is -2.34. The highest BCUT2D eigenvalue weighted by Gasteiger charge is 2.47. The Morgan fingerprint density at radius 1 is 0.400 bits per heavy atom. The standard InChI is InChI=1S/C43H28N2/c1-4-14-30(15-5-1)41-42(45-39-23-13-12-22-38(39)44-41)31-25-24-29-26-27-35-34-20-10-11-21-37(34)43(40(35)36(29)28-31,32-16-6-2-7-17-32)33-18-8-3-9-19-33/h1-28H. The first-order valence-electron chi connectivity index (χ1n) is 15.4. The van der Waals surface area contributed by atoms with Gasteiger partial charge in [-0.2, -0.15) is 0 Å². The van der Waals surface area contributed by atoms with E-state index in [-0.39, 0.29) is 0 Å². The Bertz CT molecular complexity index is 2320. The van der Waals surface area contributed by atoms with Crippen LogP contribution in [0.15, 0.2) is 170 Å². The fourth-order valence-corrected chi connectivity index (χ4v) is 7.42. The van der Waals surface area contributed by atoms with Crippen LogP contribution in [-0.2, 0) is 5.41 Å². The maximum atomic E-state index is 5.25. The lowest BCUT2D eigenvalue weighted by Crippen LogP contribution is -2.28. The first-order chi connectivity index (χ1) is 22.3. The summed E-state index contributed by atoms with van der Waals surface area (Å²) >= 11 is 0. The van der Waals surface area contributed by atoms with E-state index in [1.807, 2.05) is 30.3 Å². The van der Waals surface area contributed by atoms with Crippen LogP contribution < -0.4 is 0 Å². The SMILES string of the molecule is c1ccc(-c2nc3ccccc3nc2-c2ccc3ccc4c(c3c2)C(c2ccccc2)(c2ccccc2)c2ccccc2-4)cc1. The maximum Gasteiger partial charge on any atom is 0.0973 e. The molecule has 2 heteroatoms. The lowest BCUT2D eigenvalue weighted by molar-refractivity contribution is 0.775. The smallest absolute Gasteiger partial charge is 0.0973 e. The molecule has 0 amide bonds. The Morgan fingerprint density at radius 2 is 0.933 bits per heavy atom. The number of fused-ring (bicyclic) bond motifs is 6. The summed E-state index contributed by atoms with van der Waals surface area (Å²) in [5.74, 6) is 0. The van der Waals surface area contributed by atoms with Crippen molar-refractivity contribution in [2.75, 3.05) is 0 Å². The van der Waals surface area contributed by atoms with Crippen molar-refractivity contribution in [3.05, 3.63) is 192 Å². The van der Waals surface area contributed by atoms with E-state index in [0.717, 1.165) is 33.5 Å². The van der Waals surface area contributed by atoms with E-state index in [4.69, 9.17) is 9.97 Å². The molecule has 0 aliphatic heterocycles. The number of aromatic nitrogens is 2. The predicted octanol–water partition coefficient (Wildman–Crippen LogP) is 10.5. The molecule has 8 aromatic rings. The van der Waals surface area contributed by atoms with Crippen LogP contribution in [0.5, 0.6) is 0 Å². The molecule has 45 heavy (non-hydrogen) atoms. The van der Waals surface area contributed by atoms with Gasteiger partial charge in [-0.05, 0) is 62.4 Å². The van der Waals surface area contributed by atoms with E-state index >= 15 is 0 Å². The van der Waals surface area contributed by atoms with Crippen molar-refractivity contribution in [3.63, 3.8) is 0 Å². The van der Waals surface area contributed by atoms with E-state index in [1.54, 1.807) is 0 Å². The summed E-state index contributed by atoms with van der Waals surface area (Å²) in [5, 5.41) is 2.43. The normalized spacial score (nSPS) is 13.1. The molecule has 0 saturated carbocycles. The average Bonchev–Trinajstić information content (AvgIpc) is 3.44. The third kappa shape index (κ3) is 3.82. The number of rotatable bonds is 4. The number of hydrogen-bond donors (Lipinski definition) is 0. The predicted molar refractivity (Wildman–Crippen MR) is 185 cm³/mol. The number of nitrogens with zero attached hydrogens (tertiary/aromatic N) is 2. The Balaban J connectivity index is 1.40. The molecule has 0 saturated heterocycles. The van der Waals surface area contributed by atoms with E-state index in [9.17, 15) is 0 Å². The minimum Gasteiger partial charge on any atom is -0.244 e. The number of hydrogen-bond acceptors (Lipinski definition) is 2. The van der Waals surface area contributed by atoms with Crippen LogP contribution in [0.25, 0.3) is 55.4 Å². The second-order valence-corrected chi connectivity index (χ2v) is 11.7. The van der Waals surface area contributed by atoms with Gasteiger partial charge in [-0.15, -0.1) is 0 Å². The molecular formula is C43H28N2. The first kappa shape index (κ1) is 25.6. The highest BCUT2D eigenvalue weighted by atomic mass is 14.8.